The lowest BCUT2D eigenvalue weighted by molar-refractivity contribution is 0.333. The first-order chi connectivity index (χ1) is 5.84. The average Bonchev–Trinajstić information content (AvgIpc) is 2.32. The van der Waals surface area contributed by atoms with Gasteiger partial charge in [-0.25, -0.2) is 0 Å². The van der Waals surface area contributed by atoms with Gasteiger partial charge in [0, 0.05) is 18.1 Å². The molecule has 1 aromatic heterocycles. The summed E-state index contributed by atoms with van der Waals surface area (Å²) in [7, 11) is 0. The molecular formula is C7H12N4S. The van der Waals surface area contributed by atoms with Crippen molar-refractivity contribution >= 4 is 22.6 Å². The van der Waals surface area contributed by atoms with Gasteiger partial charge in [0.1, 0.15) is 0 Å². The molecule has 5 heteroatoms. The molecule has 0 radical (unpaired) electrons. The third-order valence-corrected chi connectivity index (χ3v) is 2.90. The van der Waals surface area contributed by atoms with Gasteiger partial charge >= 0.3 is 0 Å². The van der Waals surface area contributed by atoms with Crippen molar-refractivity contribution in [1.29, 1.82) is 0 Å². The Balaban J connectivity index is 1.79. The van der Waals surface area contributed by atoms with Gasteiger partial charge in [0.2, 0.25) is 11.1 Å². The van der Waals surface area contributed by atoms with Crippen LogP contribution in [0.25, 0.3) is 0 Å². The zero-order valence-corrected chi connectivity index (χ0v) is 7.60. The van der Waals surface area contributed by atoms with Crippen LogP contribution in [0, 0.1) is 5.92 Å². The third kappa shape index (κ3) is 1.66. The van der Waals surface area contributed by atoms with Crippen LogP contribution >= 0.6 is 11.5 Å². The van der Waals surface area contributed by atoms with Crippen molar-refractivity contribution in [2.45, 2.75) is 19.3 Å². The van der Waals surface area contributed by atoms with Gasteiger partial charge < -0.3 is 11.1 Å². The molecule has 0 aliphatic heterocycles. The molecule has 0 aromatic carbocycles. The normalized spacial score (nSPS) is 17.3. The number of nitrogens with zero attached hydrogens (tertiary/aromatic N) is 2. The minimum absolute atomic E-state index is 0.371. The zero-order chi connectivity index (χ0) is 8.39. The molecule has 12 heavy (non-hydrogen) atoms. The number of aromatic nitrogens is 2. The molecule has 66 valence electrons. The van der Waals surface area contributed by atoms with E-state index in [1.807, 2.05) is 0 Å². The maximum Gasteiger partial charge on any atom is 0.233 e. The Morgan fingerprint density at radius 2 is 2.42 bits per heavy atom. The molecule has 0 unspecified atom stereocenters. The Hall–Kier alpha value is -0.840. The van der Waals surface area contributed by atoms with E-state index in [1.165, 1.54) is 30.8 Å². The van der Waals surface area contributed by atoms with Crippen LogP contribution in [0.4, 0.5) is 11.1 Å². The Labute approximate surface area is 75.4 Å². The first-order valence-electron chi connectivity index (χ1n) is 4.17. The van der Waals surface area contributed by atoms with Crippen molar-refractivity contribution in [2.24, 2.45) is 5.92 Å². The number of nitrogens with two attached hydrogens (primary N) is 1. The predicted octanol–water partition coefficient (Wildman–Crippen LogP) is 1.33. The largest absolute Gasteiger partial charge is 0.367 e. The van der Waals surface area contributed by atoms with E-state index in [-0.39, 0.29) is 0 Å². The first-order valence-corrected chi connectivity index (χ1v) is 4.95. The van der Waals surface area contributed by atoms with Gasteiger partial charge in [-0.15, -0.1) is 0 Å². The van der Waals surface area contributed by atoms with Crippen LogP contribution in [0.15, 0.2) is 0 Å². The molecule has 3 N–H and O–H groups in total. The van der Waals surface area contributed by atoms with Crippen LogP contribution in [0.3, 0.4) is 0 Å². The highest BCUT2D eigenvalue weighted by atomic mass is 32.1. The van der Waals surface area contributed by atoms with Crippen LogP contribution in [0.1, 0.15) is 19.3 Å². The van der Waals surface area contributed by atoms with Crippen molar-refractivity contribution in [3.63, 3.8) is 0 Å². The zero-order valence-electron chi connectivity index (χ0n) is 6.79. The van der Waals surface area contributed by atoms with Crippen LogP contribution < -0.4 is 11.1 Å². The Kier molecular flexibility index (Phi) is 2.12. The molecule has 0 spiro atoms. The standard InChI is InChI=1S/C7H12N4S/c8-6-10-7(12-11-6)9-4-5-2-1-3-5/h5H,1-4H2,(H3,8,9,10,11). The van der Waals surface area contributed by atoms with Gasteiger partial charge in [-0.1, -0.05) is 6.42 Å². The summed E-state index contributed by atoms with van der Waals surface area (Å²) in [6.07, 6.45) is 4.08. The van der Waals surface area contributed by atoms with E-state index in [1.54, 1.807) is 0 Å². The fraction of sp³-hybridized carbons (Fsp3) is 0.714. The molecule has 4 nitrogen and oxygen atoms in total. The second kappa shape index (κ2) is 3.26. The van der Waals surface area contributed by atoms with E-state index < -0.39 is 0 Å². The van der Waals surface area contributed by atoms with Crippen LogP contribution in [-0.4, -0.2) is 15.9 Å². The van der Waals surface area contributed by atoms with Gasteiger partial charge in [0.25, 0.3) is 0 Å². The monoisotopic (exact) mass is 184 g/mol. The van der Waals surface area contributed by atoms with Gasteiger partial charge in [-0.2, -0.15) is 9.36 Å². The van der Waals surface area contributed by atoms with Crippen molar-refractivity contribution < 1.29 is 0 Å². The van der Waals surface area contributed by atoms with E-state index in [0.29, 0.717) is 5.95 Å². The first kappa shape index (κ1) is 7.79. The van der Waals surface area contributed by atoms with Crippen molar-refractivity contribution in [2.75, 3.05) is 17.6 Å². The molecular weight excluding hydrogens is 172 g/mol. The van der Waals surface area contributed by atoms with Crippen molar-refractivity contribution in [3.05, 3.63) is 0 Å². The number of rotatable bonds is 3. The number of nitrogen functional groups attached to an aromatic ring is 1. The van der Waals surface area contributed by atoms with Gasteiger partial charge in [-0.3, -0.25) is 0 Å². The van der Waals surface area contributed by atoms with E-state index >= 15 is 0 Å². The van der Waals surface area contributed by atoms with Crippen molar-refractivity contribution in [3.8, 4) is 0 Å². The molecule has 1 heterocycles. The molecule has 2 rings (SSSR count). The number of hydrogen-bond acceptors (Lipinski definition) is 5. The molecule has 1 fully saturated rings. The van der Waals surface area contributed by atoms with E-state index in [0.717, 1.165) is 17.6 Å². The summed E-state index contributed by atoms with van der Waals surface area (Å²) in [6, 6.07) is 0. The molecule has 0 bridgehead atoms. The lowest BCUT2D eigenvalue weighted by atomic mass is 9.86. The number of nitrogens with one attached hydrogen (secondary N) is 1. The molecule has 1 aliphatic carbocycles. The van der Waals surface area contributed by atoms with Crippen LogP contribution in [0.2, 0.25) is 0 Å². The second-order valence-corrected chi connectivity index (χ2v) is 3.89. The van der Waals surface area contributed by atoms with Gasteiger partial charge in [0.05, 0.1) is 0 Å². The summed E-state index contributed by atoms with van der Waals surface area (Å²) < 4.78 is 3.88. The van der Waals surface area contributed by atoms with Gasteiger partial charge in [0.15, 0.2) is 0 Å². The Morgan fingerprint density at radius 1 is 1.58 bits per heavy atom. The smallest absolute Gasteiger partial charge is 0.233 e. The topological polar surface area (TPSA) is 63.8 Å². The molecule has 1 saturated carbocycles. The summed E-state index contributed by atoms with van der Waals surface area (Å²) in [4.78, 5) is 4.02. The SMILES string of the molecule is Nc1nsc(NCC2CCC2)n1. The minimum atomic E-state index is 0.371. The molecule has 1 aliphatic rings. The number of hydrogen-bond donors (Lipinski definition) is 2. The summed E-state index contributed by atoms with van der Waals surface area (Å²) >= 11 is 1.33. The van der Waals surface area contributed by atoms with Crippen LogP contribution in [-0.2, 0) is 0 Å². The maximum absolute atomic E-state index is 5.38. The van der Waals surface area contributed by atoms with E-state index in [4.69, 9.17) is 5.73 Å². The fourth-order valence-electron chi connectivity index (χ4n) is 1.24. The lowest BCUT2D eigenvalue weighted by Gasteiger charge is -2.24. The molecule has 0 atom stereocenters. The third-order valence-electron chi connectivity index (χ3n) is 2.21. The molecule has 1 aromatic rings. The number of anilines is 2. The summed E-state index contributed by atoms with van der Waals surface area (Å²) in [5.74, 6) is 1.21. The minimum Gasteiger partial charge on any atom is -0.367 e. The van der Waals surface area contributed by atoms with Crippen LogP contribution in [0.5, 0.6) is 0 Å². The lowest BCUT2D eigenvalue weighted by Crippen LogP contribution is -2.20. The van der Waals surface area contributed by atoms with E-state index in [2.05, 4.69) is 14.7 Å². The quantitative estimate of drug-likeness (QED) is 0.744. The fourth-order valence-corrected chi connectivity index (χ4v) is 1.74. The predicted molar refractivity (Wildman–Crippen MR) is 50.2 cm³/mol. The Bertz CT molecular complexity index is 256. The average molecular weight is 184 g/mol. The Morgan fingerprint density at radius 3 is 2.92 bits per heavy atom. The maximum atomic E-state index is 5.38. The van der Waals surface area contributed by atoms with Crippen molar-refractivity contribution in [1.82, 2.24) is 9.36 Å². The highest BCUT2D eigenvalue weighted by molar-refractivity contribution is 7.09. The van der Waals surface area contributed by atoms with Gasteiger partial charge in [-0.05, 0) is 18.8 Å². The highest BCUT2D eigenvalue weighted by Crippen LogP contribution is 2.26. The molecule has 0 saturated heterocycles. The highest BCUT2D eigenvalue weighted by Gasteiger charge is 2.17. The molecule has 0 amide bonds. The summed E-state index contributed by atoms with van der Waals surface area (Å²) in [5, 5.41) is 4.08. The summed E-state index contributed by atoms with van der Waals surface area (Å²) in [6.45, 7) is 1.02. The van der Waals surface area contributed by atoms with E-state index in [9.17, 15) is 0 Å². The second-order valence-electron chi connectivity index (χ2n) is 3.14. The summed E-state index contributed by atoms with van der Waals surface area (Å²) in [5.41, 5.74) is 5.38.